The summed E-state index contributed by atoms with van der Waals surface area (Å²) in [7, 11) is 5.84. The van der Waals surface area contributed by atoms with Crippen LogP contribution in [-0.2, 0) is 9.53 Å². The first-order valence-electron chi connectivity index (χ1n) is 6.30. The molecule has 0 saturated carbocycles. The van der Waals surface area contributed by atoms with E-state index in [1.165, 1.54) is 0 Å². The highest BCUT2D eigenvalue weighted by atomic mass is 16.5. The van der Waals surface area contributed by atoms with Gasteiger partial charge in [0.2, 0.25) is 5.91 Å². The van der Waals surface area contributed by atoms with Crippen molar-refractivity contribution >= 4 is 5.91 Å². The van der Waals surface area contributed by atoms with E-state index in [1.54, 1.807) is 4.90 Å². The van der Waals surface area contributed by atoms with Crippen LogP contribution in [0.25, 0.3) is 0 Å². The number of ether oxygens (including phenoxy) is 1. The Hall–Kier alpha value is -0.650. The van der Waals surface area contributed by atoms with E-state index in [1.807, 2.05) is 21.1 Å². The van der Waals surface area contributed by atoms with Gasteiger partial charge in [-0.2, -0.15) is 0 Å². The summed E-state index contributed by atoms with van der Waals surface area (Å²) in [6, 6.07) is 0. The molecule has 0 radical (unpaired) electrons. The van der Waals surface area contributed by atoms with Gasteiger partial charge >= 0.3 is 0 Å². The predicted molar refractivity (Wildman–Crippen MR) is 68.0 cm³/mol. The minimum atomic E-state index is 0.0744. The van der Waals surface area contributed by atoms with Gasteiger partial charge in [-0.25, -0.2) is 0 Å². The maximum Gasteiger partial charge on any atom is 0.248 e. The van der Waals surface area contributed by atoms with Gasteiger partial charge < -0.3 is 19.9 Å². The molecule has 0 aliphatic carbocycles. The summed E-state index contributed by atoms with van der Waals surface area (Å²) >= 11 is 0. The van der Waals surface area contributed by atoms with Gasteiger partial charge in [0.1, 0.15) is 6.61 Å². The summed E-state index contributed by atoms with van der Waals surface area (Å²) in [6.45, 7) is 3.84. The standard InChI is InChI=1S/C12H25N3O2/c1-14(2)8-9-15(3)12(16)10-17-11-4-6-13-7-5-11/h11,13H,4-10H2,1-3H3. The van der Waals surface area contributed by atoms with E-state index in [4.69, 9.17) is 4.74 Å². The number of amides is 1. The van der Waals surface area contributed by atoms with Crippen molar-refractivity contribution < 1.29 is 9.53 Å². The highest BCUT2D eigenvalue weighted by molar-refractivity contribution is 5.77. The Morgan fingerprint density at radius 3 is 2.47 bits per heavy atom. The van der Waals surface area contributed by atoms with Gasteiger partial charge in [0.25, 0.3) is 0 Å². The lowest BCUT2D eigenvalue weighted by Crippen LogP contribution is -2.38. The molecule has 1 fully saturated rings. The predicted octanol–water partition coefficient (Wildman–Crippen LogP) is -0.225. The van der Waals surface area contributed by atoms with Gasteiger partial charge in [-0.3, -0.25) is 4.79 Å². The summed E-state index contributed by atoms with van der Waals surface area (Å²) in [5.41, 5.74) is 0. The van der Waals surface area contributed by atoms with E-state index in [0.717, 1.165) is 39.0 Å². The molecule has 1 aliphatic rings. The van der Waals surface area contributed by atoms with Crippen molar-refractivity contribution in [3.63, 3.8) is 0 Å². The van der Waals surface area contributed by atoms with Gasteiger partial charge in [-0.15, -0.1) is 0 Å². The molecule has 1 amide bonds. The van der Waals surface area contributed by atoms with Crippen molar-refractivity contribution in [1.82, 2.24) is 15.1 Å². The molecular formula is C12H25N3O2. The van der Waals surface area contributed by atoms with Crippen LogP contribution in [0.2, 0.25) is 0 Å². The smallest absolute Gasteiger partial charge is 0.248 e. The summed E-state index contributed by atoms with van der Waals surface area (Å²) in [5.74, 6) is 0.0744. The molecule has 1 heterocycles. The molecule has 1 saturated heterocycles. The fourth-order valence-corrected chi connectivity index (χ4v) is 1.74. The van der Waals surface area contributed by atoms with E-state index in [0.29, 0.717) is 0 Å². The SMILES string of the molecule is CN(C)CCN(C)C(=O)COC1CCNCC1. The highest BCUT2D eigenvalue weighted by Gasteiger charge is 2.16. The Morgan fingerprint density at radius 2 is 1.88 bits per heavy atom. The van der Waals surface area contributed by atoms with Gasteiger partial charge in [-0.05, 0) is 40.0 Å². The Bertz CT molecular complexity index is 228. The topological polar surface area (TPSA) is 44.8 Å². The molecular weight excluding hydrogens is 218 g/mol. The number of nitrogens with zero attached hydrogens (tertiary/aromatic N) is 2. The number of hydrogen-bond acceptors (Lipinski definition) is 4. The number of hydrogen-bond donors (Lipinski definition) is 1. The summed E-state index contributed by atoms with van der Waals surface area (Å²) in [6.07, 6.45) is 2.27. The fraction of sp³-hybridized carbons (Fsp3) is 0.917. The van der Waals surface area contributed by atoms with Crippen LogP contribution >= 0.6 is 0 Å². The zero-order valence-corrected chi connectivity index (χ0v) is 11.2. The van der Waals surface area contributed by atoms with Crippen LogP contribution in [0, 0.1) is 0 Å². The van der Waals surface area contributed by atoms with Crippen LogP contribution in [0.4, 0.5) is 0 Å². The Morgan fingerprint density at radius 1 is 1.24 bits per heavy atom. The summed E-state index contributed by atoms with van der Waals surface area (Å²) < 4.78 is 5.63. The number of likely N-dealkylation sites (N-methyl/N-ethyl adjacent to an activating group) is 2. The van der Waals surface area contributed by atoms with Crippen LogP contribution in [0.15, 0.2) is 0 Å². The first-order chi connectivity index (χ1) is 8.09. The van der Waals surface area contributed by atoms with Crippen molar-refractivity contribution in [1.29, 1.82) is 0 Å². The van der Waals surface area contributed by atoms with E-state index in [2.05, 4.69) is 10.2 Å². The first-order valence-corrected chi connectivity index (χ1v) is 6.30. The zero-order chi connectivity index (χ0) is 12.7. The molecule has 5 nitrogen and oxygen atoms in total. The molecule has 0 aromatic rings. The van der Waals surface area contributed by atoms with Gasteiger partial charge in [0, 0.05) is 20.1 Å². The Kier molecular flexibility index (Phi) is 6.47. The van der Waals surface area contributed by atoms with Crippen LogP contribution in [-0.4, -0.2) is 75.7 Å². The van der Waals surface area contributed by atoms with Gasteiger partial charge in [-0.1, -0.05) is 0 Å². The van der Waals surface area contributed by atoms with Crippen molar-refractivity contribution in [2.24, 2.45) is 0 Å². The molecule has 0 atom stereocenters. The van der Waals surface area contributed by atoms with E-state index >= 15 is 0 Å². The van der Waals surface area contributed by atoms with Crippen LogP contribution < -0.4 is 5.32 Å². The second-order valence-electron chi connectivity index (χ2n) is 4.88. The van der Waals surface area contributed by atoms with Crippen LogP contribution in [0.1, 0.15) is 12.8 Å². The van der Waals surface area contributed by atoms with Crippen molar-refractivity contribution in [3.05, 3.63) is 0 Å². The normalized spacial score (nSPS) is 17.4. The average Bonchev–Trinajstić information content (AvgIpc) is 2.34. The number of carbonyl (C=O) groups is 1. The fourth-order valence-electron chi connectivity index (χ4n) is 1.74. The maximum absolute atomic E-state index is 11.8. The van der Waals surface area contributed by atoms with E-state index in [9.17, 15) is 4.79 Å². The highest BCUT2D eigenvalue weighted by Crippen LogP contribution is 2.07. The van der Waals surface area contributed by atoms with Crippen molar-refractivity contribution in [2.45, 2.75) is 18.9 Å². The lowest BCUT2D eigenvalue weighted by atomic mass is 10.1. The second-order valence-corrected chi connectivity index (χ2v) is 4.88. The average molecular weight is 243 g/mol. The number of carbonyl (C=O) groups excluding carboxylic acids is 1. The third-order valence-corrected chi connectivity index (χ3v) is 3.04. The lowest BCUT2D eigenvalue weighted by molar-refractivity contribution is -0.137. The molecule has 0 aromatic heterocycles. The third-order valence-electron chi connectivity index (χ3n) is 3.04. The second kappa shape index (κ2) is 7.63. The van der Waals surface area contributed by atoms with Crippen molar-refractivity contribution in [3.8, 4) is 0 Å². The monoisotopic (exact) mass is 243 g/mol. The number of nitrogens with one attached hydrogen (secondary N) is 1. The first kappa shape index (κ1) is 14.4. The minimum absolute atomic E-state index is 0.0744. The number of piperidine rings is 1. The van der Waals surface area contributed by atoms with E-state index < -0.39 is 0 Å². The largest absolute Gasteiger partial charge is 0.368 e. The quantitative estimate of drug-likeness (QED) is 0.700. The molecule has 100 valence electrons. The van der Waals surface area contributed by atoms with Crippen LogP contribution in [0.5, 0.6) is 0 Å². The summed E-state index contributed by atoms with van der Waals surface area (Å²) in [5, 5.41) is 3.28. The Balaban J connectivity index is 2.14. The van der Waals surface area contributed by atoms with Gasteiger partial charge in [0.05, 0.1) is 6.10 Å². The molecule has 1 aliphatic heterocycles. The zero-order valence-electron chi connectivity index (χ0n) is 11.2. The minimum Gasteiger partial charge on any atom is -0.368 e. The molecule has 0 bridgehead atoms. The third kappa shape index (κ3) is 6.00. The Labute approximate surface area is 104 Å². The molecule has 0 unspecified atom stereocenters. The van der Waals surface area contributed by atoms with Crippen LogP contribution in [0.3, 0.4) is 0 Å². The lowest BCUT2D eigenvalue weighted by Gasteiger charge is -2.24. The number of rotatable bonds is 6. The summed E-state index contributed by atoms with van der Waals surface area (Å²) in [4.78, 5) is 15.6. The molecule has 5 heteroatoms. The molecule has 0 aromatic carbocycles. The molecule has 1 rings (SSSR count). The van der Waals surface area contributed by atoms with E-state index in [-0.39, 0.29) is 18.6 Å². The molecule has 17 heavy (non-hydrogen) atoms. The molecule has 0 spiro atoms. The van der Waals surface area contributed by atoms with Gasteiger partial charge in [0.15, 0.2) is 0 Å². The van der Waals surface area contributed by atoms with Crippen molar-refractivity contribution in [2.75, 3.05) is 53.9 Å². The molecule has 1 N–H and O–H groups in total. The maximum atomic E-state index is 11.8.